The van der Waals surface area contributed by atoms with Crippen molar-refractivity contribution in [3.05, 3.63) is 146 Å². The third-order valence-electron chi connectivity index (χ3n) is 9.43. The lowest BCUT2D eigenvalue weighted by molar-refractivity contribution is 0.487. The Kier molecular flexibility index (Phi) is 4.51. The van der Waals surface area contributed by atoms with Crippen LogP contribution in [0.3, 0.4) is 0 Å². The SMILES string of the molecule is c1ccc2c(c1)Oc1ccc(-c3ccc(-c4ccc5ccc6cccc7ccc4c5c67)c4ccccc34)c3cccc-2c13. The molecule has 0 amide bonds. The Bertz CT molecular complexity index is 2570. The zero-order valence-corrected chi connectivity index (χ0v) is 23.3. The van der Waals surface area contributed by atoms with Crippen molar-refractivity contribution >= 4 is 53.9 Å². The van der Waals surface area contributed by atoms with Gasteiger partial charge in [0.05, 0.1) is 0 Å². The minimum atomic E-state index is 0.915. The fraction of sp³-hybridized carbons (Fsp3) is 0. The van der Waals surface area contributed by atoms with Gasteiger partial charge in [0.1, 0.15) is 11.5 Å². The van der Waals surface area contributed by atoms with Crippen molar-refractivity contribution in [3.63, 3.8) is 0 Å². The maximum atomic E-state index is 6.39. The molecule has 1 heterocycles. The third-order valence-corrected chi connectivity index (χ3v) is 9.43. The molecular formula is C42H24O. The van der Waals surface area contributed by atoms with Gasteiger partial charge in [0.25, 0.3) is 0 Å². The van der Waals surface area contributed by atoms with Crippen LogP contribution in [0.2, 0.25) is 0 Å². The largest absolute Gasteiger partial charge is 0.456 e. The van der Waals surface area contributed by atoms with Crippen LogP contribution < -0.4 is 4.74 Å². The topological polar surface area (TPSA) is 9.23 Å². The van der Waals surface area contributed by atoms with Gasteiger partial charge in [-0.3, -0.25) is 0 Å². The van der Waals surface area contributed by atoms with Crippen LogP contribution in [-0.4, -0.2) is 0 Å². The van der Waals surface area contributed by atoms with E-state index in [1.54, 1.807) is 0 Å². The molecule has 0 bridgehead atoms. The molecule has 0 atom stereocenters. The van der Waals surface area contributed by atoms with E-state index in [2.05, 4.69) is 140 Å². The molecule has 198 valence electrons. The minimum Gasteiger partial charge on any atom is -0.456 e. The van der Waals surface area contributed by atoms with E-state index in [1.807, 2.05) is 6.07 Å². The van der Waals surface area contributed by atoms with Crippen molar-refractivity contribution in [2.24, 2.45) is 0 Å². The smallest absolute Gasteiger partial charge is 0.135 e. The van der Waals surface area contributed by atoms with E-state index in [0.29, 0.717) is 0 Å². The maximum absolute atomic E-state index is 6.39. The molecule has 0 aliphatic carbocycles. The maximum Gasteiger partial charge on any atom is 0.135 e. The van der Waals surface area contributed by atoms with Gasteiger partial charge in [0, 0.05) is 10.9 Å². The zero-order valence-electron chi connectivity index (χ0n) is 23.3. The number of benzene rings is 9. The second-order valence-corrected chi connectivity index (χ2v) is 11.6. The van der Waals surface area contributed by atoms with Gasteiger partial charge in [-0.1, -0.05) is 133 Å². The van der Waals surface area contributed by atoms with Gasteiger partial charge < -0.3 is 4.74 Å². The van der Waals surface area contributed by atoms with E-state index in [0.717, 1.165) is 17.1 Å². The molecular weight excluding hydrogens is 520 g/mol. The highest BCUT2D eigenvalue weighted by Crippen LogP contribution is 2.50. The first-order chi connectivity index (χ1) is 21.3. The zero-order chi connectivity index (χ0) is 28.1. The average Bonchev–Trinajstić information content (AvgIpc) is 3.07. The first-order valence-corrected chi connectivity index (χ1v) is 14.9. The van der Waals surface area contributed by atoms with E-state index in [-0.39, 0.29) is 0 Å². The van der Waals surface area contributed by atoms with Crippen LogP contribution in [0.1, 0.15) is 0 Å². The molecule has 1 heteroatoms. The van der Waals surface area contributed by atoms with Gasteiger partial charge in [0.2, 0.25) is 0 Å². The number of hydrogen-bond acceptors (Lipinski definition) is 1. The fourth-order valence-electron chi connectivity index (χ4n) is 7.55. The summed E-state index contributed by atoms with van der Waals surface area (Å²) in [6, 6.07) is 53.1. The highest BCUT2D eigenvalue weighted by molar-refractivity contribution is 6.26. The standard InChI is InChI=1S/C42H24O/c1-2-10-29-28(9-1)30(32-19-17-27-16-15-25-7-5-8-26-18-20-37(32)41(27)40(25)26)21-22-31(29)33-23-24-39-42-35(33)12-6-13-36(42)34-11-3-4-14-38(34)43-39/h1-24H. The first-order valence-electron chi connectivity index (χ1n) is 14.9. The lowest BCUT2D eigenvalue weighted by atomic mass is 9.85. The Balaban J connectivity index is 1.24. The van der Waals surface area contributed by atoms with Crippen molar-refractivity contribution in [3.8, 4) is 44.9 Å². The lowest BCUT2D eigenvalue weighted by Crippen LogP contribution is -1.97. The Morgan fingerprint density at radius 3 is 1.56 bits per heavy atom. The molecule has 0 radical (unpaired) electrons. The number of fused-ring (bicyclic) bond motifs is 3. The van der Waals surface area contributed by atoms with Gasteiger partial charge >= 0.3 is 0 Å². The molecule has 9 aromatic carbocycles. The van der Waals surface area contributed by atoms with E-state index < -0.39 is 0 Å². The van der Waals surface area contributed by atoms with Crippen molar-refractivity contribution < 1.29 is 4.74 Å². The monoisotopic (exact) mass is 544 g/mol. The Labute approximate surface area is 248 Å². The molecule has 1 aliphatic rings. The predicted octanol–water partition coefficient (Wildman–Crippen LogP) is 12.0. The lowest BCUT2D eigenvalue weighted by Gasteiger charge is -2.23. The molecule has 0 N–H and O–H groups in total. The normalized spacial score (nSPS) is 12.4. The van der Waals surface area contributed by atoms with Crippen LogP contribution in [0.15, 0.2) is 146 Å². The summed E-state index contributed by atoms with van der Waals surface area (Å²) >= 11 is 0. The first kappa shape index (κ1) is 23.0. The molecule has 0 aromatic heterocycles. The Morgan fingerprint density at radius 2 is 0.767 bits per heavy atom. The summed E-state index contributed by atoms with van der Waals surface area (Å²) in [4.78, 5) is 0. The predicted molar refractivity (Wildman–Crippen MR) is 182 cm³/mol. The van der Waals surface area contributed by atoms with E-state index in [4.69, 9.17) is 4.74 Å². The van der Waals surface area contributed by atoms with Crippen molar-refractivity contribution in [2.75, 3.05) is 0 Å². The molecule has 0 spiro atoms. The summed E-state index contributed by atoms with van der Waals surface area (Å²) in [5.41, 5.74) is 7.37. The summed E-state index contributed by atoms with van der Waals surface area (Å²) in [5, 5.41) is 12.8. The summed E-state index contributed by atoms with van der Waals surface area (Å²) in [6.07, 6.45) is 0. The molecule has 0 saturated carbocycles. The summed E-state index contributed by atoms with van der Waals surface area (Å²) in [5.74, 6) is 1.83. The summed E-state index contributed by atoms with van der Waals surface area (Å²) in [6.45, 7) is 0. The van der Waals surface area contributed by atoms with E-state index in [9.17, 15) is 0 Å². The van der Waals surface area contributed by atoms with Gasteiger partial charge in [-0.15, -0.1) is 0 Å². The number of rotatable bonds is 2. The van der Waals surface area contributed by atoms with Crippen molar-refractivity contribution in [1.82, 2.24) is 0 Å². The Morgan fingerprint density at radius 1 is 0.256 bits per heavy atom. The van der Waals surface area contributed by atoms with Crippen LogP contribution in [-0.2, 0) is 0 Å². The molecule has 1 nitrogen and oxygen atoms in total. The van der Waals surface area contributed by atoms with E-state index >= 15 is 0 Å². The number of ether oxygens (including phenoxy) is 1. The molecule has 43 heavy (non-hydrogen) atoms. The summed E-state index contributed by atoms with van der Waals surface area (Å²) < 4.78 is 6.39. The highest BCUT2D eigenvalue weighted by atomic mass is 16.5. The second-order valence-electron chi connectivity index (χ2n) is 11.6. The second kappa shape index (κ2) is 8.44. The van der Waals surface area contributed by atoms with Crippen LogP contribution in [0.25, 0.3) is 87.2 Å². The van der Waals surface area contributed by atoms with Crippen LogP contribution in [0, 0.1) is 0 Å². The van der Waals surface area contributed by atoms with Crippen LogP contribution >= 0.6 is 0 Å². The van der Waals surface area contributed by atoms with Gasteiger partial charge in [0.15, 0.2) is 0 Å². The number of hydrogen-bond donors (Lipinski definition) is 0. The third kappa shape index (κ3) is 3.11. The molecule has 0 unspecified atom stereocenters. The van der Waals surface area contributed by atoms with Gasteiger partial charge in [-0.25, -0.2) is 0 Å². The molecule has 0 saturated heterocycles. The van der Waals surface area contributed by atoms with Crippen molar-refractivity contribution in [2.45, 2.75) is 0 Å². The van der Waals surface area contributed by atoms with Crippen LogP contribution in [0.4, 0.5) is 0 Å². The fourth-order valence-corrected chi connectivity index (χ4v) is 7.55. The quantitative estimate of drug-likeness (QED) is 0.197. The van der Waals surface area contributed by atoms with Gasteiger partial charge in [-0.2, -0.15) is 0 Å². The van der Waals surface area contributed by atoms with Gasteiger partial charge in [-0.05, 0) is 88.4 Å². The highest BCUT2D eigenvalue weighted by Gasteiger charge is 2.22. The molecule has 9 aromatic rings. The minimum absolute atomic E-state index is 0.915. The van der Waals surface area contributed by atoms with Crippen LogP contribution in [0.5, 0.6) is 11.5 Å². The number of para-hydroxylation sites is 1. The molecule has 0 fully saturated rings. The van der Waals surface area contributed by atoms with E-state index in [1.165, 1.54) is 81.7 Å². The Hall–Kier alpha value is -5.66. The average molecular weight is 545 g/mol. The molecule has 1 aliphatic heterocycles. The molecule has 10 rings (SSSR count). The summed E-state index contributed by atoms with van der Waals surface area (Å²) in [7, 11) is 0. The van der Waals surface area contributed by atoms with Crippen molar-refractivity contribution in [1.29, 1.82) is 0 Å².